The first-order valence-corrected chi connectivity index (χ1v) is 5.97. The highest BCUT2D eigenvalue weighted by Gasteiger charge is 2.30. The Morgan fingerprint density at radius 1 is 1.48 bits per heavy atom. The van der Waals surface area contributed by atoms with Gasteiger partial charge < -0.3 is 5.73 Å². The van der Waals surface area contributed by atoms with Crippen molar-refractivity contribution in [1.82, 2.24) is 9.55 Å². The molecule has 6 heteroatoms. The van der Waals surface area contributed by atoms with E-state index in [1.54, 1.807) is 0 Å². The zero-order valence-electron chi connectivity index (χ0n) is 18.6. The van der Waals surface area contributed by atoms with Gasteiger partial charge >= 0.3 is 0 Å². The quantitative estimate of drug-likeness (QED) is 0.628. The maximum Gasteiger partial charge on any atom is 0.264 e. The van der Waals surface area contributed by atoms with E-state index in [9.17, 15) is 14.4 Å². The number of hydrogen-bond acceptors (Lipinski definition) is 5. The van der Waals surface area contributed by atoms with E-state index in [2.05, 4.69) is 4.98 Å². The van der Waals surface area contributed by atoms with E-state index in [0.717, 1.165) is 0 Å². The van der Waals surface area contributed by atoms with Gasteiger partial charge in [0.2, 0.25) is 0 Å². The number of nitrogens with two attached hydrogens (primary N) is 1. The molecule has 2 aromatic rings. The molecule has 0 amide bonds. The Morgan fingerprint density at radius 3 is 3.05 bits per heavy atom. The molecule has 1 aliphatic rings. The number of aryl methyl sites for hydroxylation is 1. The van der Waals surface area contributed by atoms with Gasteiger partial charge in [0.25, 0.3) is 5.56 Å². The summed E-state index contributed by atoms with van der Waals surface area (Å²) >= 11 is 0. The summed E-state index contributed by atoms with van der Waals surface area (Å²) in [5.74, 6) is -3.96. The van der Waals surface area contributed by atoms with E-state index in [1.807, 2.05) is 0 Å². The van der Waals surface area contributed by atoms with Gasteiger partial charge in [-0.25, -0.2) is 4.98 Å². The first-order chi connectivity index (χ1) is 13.1. The summed E-state index contributed by atoms with van der Waals surface area (Å²) in [6.07, 6.45) is -8.12. The molecule has 1 aliphatic carbocycles. The summed E-state index contributed by atoms with van der Waals surface area (Å²) in [6.45, 7) is -3.17. The number of carbonyl (C=O) groups is 2. The Labute approximate surface area is 131 Å². The van der Waals surface area contributed by atoms with Crippen molar-refractivity contribution in [2.75, 3.05) is 5.73 Å². The highest BCUT2D eigenvalue weighted by Crippen LogP contribution is 2.24. The first kappa shape index (κ1) is 6.98. The van der Waals surface area contributed by atoms with Crippen LogP contribution < -0.4 is 11.3 Å². The van der Waals surface area contributed by atoms with E-state index >= 15 is 0 Å². The largest absolute Gasteiger partial charge is 0.398 e. The number of nitrogen functional groups attached to an aromatic ring is 1. The van der Waals surface area contributed by atoms with Gasteiger partial charge in [-0.1, -0.05) is 6.07 Å². The number of aromatic nitrogens is 2. The second-order valence-electron chi connectivity index (χ2n) is 4.44. The van der Waals surface area contributed by atoms with Gasteiger partial charge in [0.1, 0.15) is 11.6 Å². The molecule has 21 heavy (non-hydrogen) atoms. The van der Waals surface area contributed by atoms with Crippen LogP contribution in [-0.2, 0) is 9.59 Å². The fourth-order valence-electron chi connectivity index (χ4n) is 2.12. The molecule has 108 valence electrons. The Bertz CT molecular complexity index is 1120. The maximum atomic E-state index is 13.2. The summed E-state index contributed by atoms with van der Waals surface area (Å²) in [5, 5.41) is -0.354. The number of hydrogen-bond donors (Lipinski definition) is 1. The molecule has 6 nitrogen and oxygen atoms in total. The topological polar surface area (TPSA) is 95.0 Å². The van der Waals surface area contributed by atoms with Crippen LogP contribution in [0.15, 0.2) is 23.0 Å². The first-order valence-electron chi connectivity index (χ1n) is 9.97. The van der Waals surface area contributed by atoms with E-state index in [-0.39, 0.29) is 21.2 Å². The maximum absolute atomic E-state index is 13.2. The Hall–Kier alpha value is -2.50. The molecular formula is C15H15N3O3. The number of anilines is 1. The molecule has 1 atom stereocenters. The molecule has 1 saturated carbocycles. The molecule has 2 N–H and O–H groups in total. The van der Waals surface area contributed by atoms with Crippen LogP contribution in [0.3, 0.4) is 0 Å². The number of carbonyl (C=O) groups excluding carboxylic acids is 2. The third-order valence-electron chi connectivity index (χ3n) is 3.06. The molecule has 1 unspecified atom stereocenters. The SMILES string of the molecule is [2H]C([2H])([2H])c1nc2cccc(N)c2c(=O)n1C1([2H])C(=O)CC(=O)C([2H])([2H])C1([2H])[2H]. The van der Waals surface area contributed by atoms with Crippen LogP contribution in [-0.4, -0.2) is 21.1 Å². The summed E-state index contributed by atoms with van der Waals surface area (Å²) < 4.78 is 63.4. The van der Waals surface area contributed by atoms with Crippen LogP contribution in [0, 0.1) is 6.85 Å². The van der Waals surface area contributed by atoms with Crippen LogP contribution in [0.5, 0.6) is 0 Å². The van der Waals surface area contributed by atoms with Crippen molar-refractivity contribution in [2.45, 2.75) is 32.0 Å². The van der Waals surface area contributed by atoms with Gasteiger partial charge in [0.05, 0.1) is 24.7 Å². The number of rotatable bonds is 1. The lowest BCUT2D eigenvalue weighted by molar-refractivity contribution is -0.132. The number of Topliss-reactive ketones (excluding diaryl/α,β-unsaturated/α-hetero) is 2. The third-order valence-corrected chi connectivity index (χ3v) is 3.06. The van der Waals surface area contributed by atoms with Gasteiger partial charge in [-0.05, 0) is 25.4 Å². The van der Waals surface area contributed by atoms with Crippen molar-refractivity contribution in [2.24, 2.45) is 0 Å². The molecule has 0 radical (unpaired) electrons. The van der Waals surface area contributed by atoms with Gasteiger partial charge in [-0.15, -0.1) is 0 Å². The van der Waals surface area contributed by atoms with Gasteiger partial charge in [0.15, 0.2) is 5.78 Å². The molecule has 1 fully saturated rings. The van der Waals surface area contributed by atoms with E-state index in [1.165, 1.54) is 18.2 Å². The number of ketones is 2. The van der Waals surface area contributed by atoms with E-state index < -0.39 is 55.0 Å². The zero-order chi connectivity index (χ0) is 22.2. The highest BCUT2D eigenvalue weighted by molar-refractivity contribution is 6.03. The van der Waals surface area contributed by atoms with Crippen molar-refractivity contribution >= 4 is 28.2 Å². The minimum Gasteiger partial charge on any atom is -0.398 e. The van der Waals surface area contributed by atoms with Crippen LogP contribution in [0.25, 0.3) is 10.9 Å². The summed E-state index contributed by atoms with van der Waals surface area (Å²) in [6, 6.07) is 0.566. The lowest BCUT2D eigenvalue weighted by atomic mass is 9.92. The predicted octanol–water partition coefficient (Wildman–Crippen LogP) is 1.15. The monoisotopic (exact) mass is 293 g/mol. The molecule has 0 saturated heterocycles. The molecule has 0 aliphatic heterocycles. The van der Waals surface area contributed by atoms with Crippen molar-refractivity contribution < 1.29 is 20.6 Å². The molecule has 1 aromatic heterocycles. The van der Waals surface area contributed by atoms with Gasteiger partial charge in [0, 0.05) is 21.7 Å². The molecule has 0 spiro atoms. The van der Waals surface area contributed by atoms with E-state index in [0.29, 0.717) is 0 Å². The minimum absolute atomic E-state index is 0.0191. The molecule has 1 heterocycles. The Kier molecular flexibility index (Phi) is 1.59. The number of nitrogens with zero attached hydrogens (tertiary/aromatic N) is 2. The summed E-state index contributed by atoms with van der Waals surface area (Å²) in [4.78, 5) is 41.6. The predicted molar refractivity (Wildman–Crippen MR) is 78.1 cm³/mol. The average Bonchev–Trinajstić information content (AvgIpc) is 2.58. The third kappa shape index (κ3) is 2.12. The lowest BCUT2D eigenvalue weighted by Crippen LogP contribution is -2.36. The van der Waals surface area contributed by atoms with Crippen LogP contribution in [0.4, 0.5) is 5.69 Å². The Balaban J connectivity index is 2.56. The van der Waals surface area contributed by atoms with Crippen molar-refractivity contribution in [3.8, 4) is 0 Å². The van der Waals surface area contributed by atoms with Crippen LogP contribution in [0.2, 0.25) is 0 Å². The lowest BCUT2D eigenvalue weighted by Gasteiger charge is -2.24. The van der Waals surface area contributed by atoms with Crippen molar-refractivity contribution in [3.05, 3.63) is 34.4 Å². The Morgan fingerprint density at radius 2 is 2.29 bits per heavy atom. The van der Waals surface area contributed by atoms with Crippen LogP contribution >= 0.6 is 0 Å². The molecule has 1 aromatic carbocycles. The second kappa shape index (κ2) is 4.80. The minimum atomic E-state index is -3.59. The number of fused-ring (bicyclic) bond motifs is 1. The molecule has 3 rings (SSSR count). The van der Waals surface area contributed by atoms with Crippen LogP contribution in [0.1, 0.15) is 42.0 Å². The van der Waals surface area contributed by atoms with Crippen molar-refractivity contribution in [3.63, 3.8) is 0 Å². The average molecular weight is 293 g/mol. The zero-order valence-corrected chi connectivity index (χ0v) is 10.6. The summed E-state index contributed by atoms with van der Waals surface area (Å²) in [5.41, 5.74) is 4.17. The fraction of sp³-hybridized carbons (Fsp3) is 0.333. The van der Waals surface area contributed by atoms with E-state index in [4.69, 9.17) is 16.7 Å². The molecule has 0 bridgehead atoms. The fourth-order valence-corrected chi connectivity index (χ4v) is 2.12. The van der Waals surface area contributed by atoms with Gasteiger partial charge in [-0.2, -0.15) is 0 Å². The number of benzene rings is 1. The smallest absolute Gasteiger partial charge is 0.264 e. The van der Waals surface area contributed by atoms with Gasteiger partial charge in [-0.3, -0.25) is 19.0 Å². The highest BCUT2D eigenvalue weighted by atomic mass is 16.2. The second-order valence-corrected chi connectivity index (χ2v) is 4.44. The normalized spacial score (nSPS) is 33.7. The molecular weight excluding hydrogens is 270 g/mol. The summed E-state index contributed by atoms with van der Waals surface area (Å²) in [7, 11) is 0. The van der Waals surface area contributed by atoms with Crippen molar-refractivity contribution in [1.29, 1.82) is 0 Å². The standard InChI is InChI=1S/C15H15N3O3/c1-8-17-11-4-2-3-10(16)14(11)15(21)18(8)12-6-5-9(19)7-13(12)20/h2-4,12H,5-7,16H2,1H3/i1D3,5D2,6D2,12D.